The fourth-order valence-corrected chi connectivity index (χ4v) is 8.36. The number of sulfonamides is 1. The molecule has 3 heterocycles. The maximum Gasteiger partial charge on any atom is 0.410 e. The van der Waals surface area contributed by atoms with E-state index in [1.54, 1.807) is 43.3 Å². The van der Waals surface area contributed by atoms with E-state index in [2.05, 4.69) is 4.90 Å². The second kappa shape index (κ2) is 14.5. The smallest absolute Gasteiger partial charge is 0.410 e. The van der Waals surface area contributed by atoms with E-state index < -0.39 is 33.8 Å². The quantitative estimate of drug-likeness (QED) is 0.299. The Morgan fingerprint density at radius 2 is 1.80 bits per heavy atom. The Morgan fingerprint density at radius 3 is 2.48 bits per heavy atom. The van der Waals surface area contributed by atoms with Crippen molar-refractivity contribution in [3.05, 3.63) is 82.4 Å². The number of likely N-dealkylation sites (tertiary alicyclic amines) is 1. The van der Waals surface area contributed by atoms with Crippen molar-refractivity contribution in [2.75, 3.05) is 71.5 Å². The van der Waals surface area contributed by atoms with Crippen molar-refractivity contribution >= 4 is 39.3 Å². The van der Waals surface area contributed by atoms with Gasteiger partial charge in [0.2, 0.25) is 0 Å². The maximum atomic E-state index is 15.3. The molecule has 13 nitrogen and oxygen atoms in total. The third-order valence-corrected chi connectivity index (χ3v) is 11.1. The van der Waals surface area contributed by atoms with Gasteiger partial charge in [-0.3, -0.25) is 9.69 Å². The van der Waals surface area contributed by atoms with E-state index in [1.807, 2.05) is 6.07 Å². The summed E-state index contributed by atoms with van der Waals surface area (Å²) >= 11 is 6.60. The fraction of sp³-hybridized carbons (Fsp3) is 0.400. The van der Waals surface area contributed by atoms with E-state index in [1.165, 1.54) is 48.4 Å². The van der Waals surface area contributed by atoms with Crippen molar-refractivity contribution in [3.63, 3.8) is 0 Å². The highest BCUT2D eigenvalue weighted by Gasteiger charge is 2.63. The first kappa shape index (κ1) is 35.4. The number of hydrogen-bond acceptors (Lipinski definition) is 11. The lowest BCUT2D eigenvalue weighted by Crippen LogP contribution is -2.57. The van der Waals surface area contributed by atoms with Gasteiger partial charge in [-0.15, -0.1) is 0 Å². The second-order valence-corrected chi connectivity index (χ2v) is 14.5. The number of methoxy groups -OCH3 is 1. The van der Waals surface area contributed by atoms with Gasteiger partial charge in [0.25, 0.3) is 15.9 Å². The first-order chi connectivity index (χ1) is 24.0. The van der Waals surface area contributed by atoms with Crippen LogP contribution in [0.1, 0.15) is 29.5 Å². The largest absolute Gasteiger partial charge is 0.496 e. The molecule has 0 N–H and O–H groups in total. The van der Waals surface area contributed by atoms with Gasteiger partial charge in [-0.1, -0.05) is 11.6 Å². The molecule has 50 heavy (non-hydrogen) atoms. The normalized spacial score (nSPS) is 21.1. The van der Waals surface area contributed by atoms with Crippen molar-refractivity contribution in [2.24, 2.45) is 0 Å². The van der Waals surface area contributed by atoms with Crippen LogP contribution in [0.3, 0.4) is 0 Å². The van der Waals surface area contributed by atoms with Crippen molar-refractivity contribution in [1.29, 1.82) is 5.26 Å². The Morgan fingerprint density at radius 1 is 1.06 bits per heavy atom. The molecule has 2 fully saturated rings. The molecule has 3 aliphatic rings. The van der Waals surface area contributed by atoms with E-state index in [4.69, 9.17) is 30.5 Å². The van der Waals surface area contributed by atoms with Gasteiger partial charge in [-0.05, 0) is 67.4 Å². The third kappa shape index (κ3) is 6.36. The van der Waals surface area contributed by atoms with Crippen molar-refractivity contribution in [3.8, 4) is 17.6 Å². The van der Waals surface area contributed by atoms with E-state index in [-0.39, 0.29) is 39.0 Å². The first-order valence-electron chi connectivity index (χ1n) is 16.2. The summed E-state index contributed by atoms with van der Waals surface area (Å²) in [5, 5.41) is 9.57. The number of carbonyl (C=O) groups excluding carboxylic acids is 2. The zero-order valence-electron chi connectivity index (χ0n) is 28.0. The highest BCUT2D eigenvalue weighted by Crippen LogP contribution is 2.55. The van der Waals surface area contributed by atoms with E-state index >= 15 is 4.79 Å². The summed E-state index contributed by atoms with van der Waals surface area (Å²) in [7, 11) is 0.0278. The van der Waals surface area contributed by atoms with Crippen LogP contribution in [0.25, 0.3) is 0 Å². The second-order valence-electron chi connectivity index (χ2n) is 12.3. The minimum atomic E-state index is -4.54. The number of rotatable bonds is 10. The Hall–Kier alpha value is -4.39. The number of nitriles is 1. The summed E-state index contributed by atoms with van der Waals surface area (Å²) < 4.78 is 53.1. The number of benzene rings is 3. The van der Waals surface area contributed by atoms with Crippen LogP contribution in [0.4, 0.5) is 10.5 Å². The number of hydrogen-bond donors (Lipinski definition) is 0. The third-order valence-electron chi connectivity index (χ3n) is 9.16. The van der Waals surface area contributed by atoms with Gasteiger partial charge in [0, 0.05) is 62.5 Å². The number of fused-ring (bicyclic) bond motifs is 1. The Labute approximate surface area is 296 Å². The molecule has 0 bridgehead atoms. The number of halogens is 1. The average Bonchev–Trinajstić information content (AvgIpc) is 3.68. The molecular formula is C35H38ClN5O8S. The van der Waals surface area contributed by atoms with E-state index in [9.17, 15) is 18.5 Å². The van der Waals surface area contributed by atoms with Gasteiger partial charge in [0.1, 0.15) is 18.1 Å². The molecule has 15 heteroatoms. The van der Waals surface area contributed by atoms with Gasteiger partial charge in [-0.25, -0.2) is 22.4 Å². The summed E-state index contributed by atoms with van der Waals surface area (Å²) in [6.45, 7) is 4.33. The molecule has 6 rings (SSSR count). The molecule has 2 atom stereocenters. The number of amides is 2. The molecule has 264 valence electrons. The molecular weight excluding hydrogens is 686 g/mol. The number of morpholine rings is 1. The lowest BCUT2D eigenvalue weighted by atomic mass is 9.81. The molecule has 3 aliphatic heterocycles. The summed E-state index contributed by atoms with van der Waals surface area (Å²) in [6, 6.07) is 17.0. The first-order valence-corrected chi connectivity index (χ1v) is 18.0. The van der Waals surface area contributed by atoms with Crippen molar-refractivity contribution < 1.29 is 37.0 Å². The lowest BCUT2D eigenvalue weighted by molar-refractivity contribution is -0.132. The fourth-order valence-electron chi connectivity index (χ4n) is 6.73. The lowest BCUT2D eigenvalue weighted by Gasteiger charge is -2.41. The van der Waals surface area contributed by atoms with Crippen molar-refractivity contribution in [1.82, 2.24) is 14.7 Å². The summed E-state index contributed by atoms with van der Waals surface area (Å²) in [4.78, 5) is 33.3. The molecule has 2 saturated heterocycles. The van der Waals surface area contributed by atoms with E-state index in [0.29, 0.717) is 50.5 Å². The number of nitrogens with zero attached hydrogens (tertiary/aromatic N) is 5. The van der Waals surface area contributed by atoms with Crippen LogP contribution in [0, 0.1) is 11.3 Å². The predicted molar refractivity (Wildman–Crippen MR) is 184 cm³/mol. The molecule has 2 amide bonds. The van der Waals surface area contributed by atoms with Crippen LogP contribution in [-0.2, 0) is 29.8 Å². The molecule has 3 aromatic rings. The molecule has 1 unspecified atom stereocenters. The van der Waals surface area contributed by atoms with Gasteiger partial charge < -0.3 is 23.8 Å². The zero-order chi connectivity index (χ0) is 35.6. The van der Waals surface area contributed by atoms with Crippen molar-refractivity contribution in [2.45, 2.75) is 29.5 Å². The van der Waals surface area contributed by atoms with Crippen LogP contribution < -0.4 is 13.8 Å². The number of ether oxygens (including phenoxy) is 4. The minimum Gasteiger partial charge on any atom is -0.496 e. The molecule has 0 radical (unpaired) electrons. The Balaban J connectivity index is 1.50. The zero-order valence-corrected chi connectivity index (χ0v) is 29.6. The summed E-state index contributed by atoms with van der Waals surface area (Å²) in [5.74, 6) is -0.0774. The molecule has 3 aromatic carbocycles. The maximum absolute atomic E-state index is 15.3. The van der Waals surface area contributed by atoms with Gasteiger partial charge >= 0.3 is 6.09 Å². The Kier molecular flexibility index (Phi) is 10.2. The average molecular weight is 724 g/mol. The van der Waals surface area contributed by atoms with Crippen LogP contribution in [0.15, 0.2) is 65.6 Å². The molecule has 0 spiro atoms. The predicted octanol–water partition coefficient (Wildman–Crippen LogP) is 4.03. The van der Waals surface area contributed by atoms with Crippen LogP contribution in [-0.4, -0.2) is 109 Å². The topological polar surface area (TPSA) is 142 Å². The molecule has 0 saturated carbocycles. The Bertz CT molecular complexity index is 1910. The summed E-state index contributed by atoms with van der Waals surface area (Å²) in [6.07, 6.45) is -0.596. The van der Waals surface area contributed by atoms with Gasteiger partial charge in [-0.2, -0.15) is 5.26 Å². The monoisotopic (exact) mass is 723 g/mol. The SMILES string of the molecule is COc1cc(OCCN2CCOCC2)ccc1C1(N2CCC[C@@H]2OC(=O)N(C)C)C(=O)N(S(=O)(=O)c2ccc(C#N)cc2)c2ccc(Cl)cc21. The van der Waals surface area contributed by atoms with Crippen LogP contribution in [0.5, 0.6) is 11.5 Å². The van der Waals surface area contributed by atoms with Crippen LogP contribution >= 0.6 is 11.6 Å². The highest BCUT2D eigenvalue weighted by atomic mass is 35.5. The highest BCUT2D eigenvalue weighted by molar-refractivity contribution is 7.93. The molecule has 0 aliphatic carbocycles. The summed E-state index contributed by atoms with van der Waals surface area (Å²) in [5.41, 5.74) is -0.927. The van der Waals surface area contributed by atoms with E-state index in [0.717, 1.165) is 17.4 Å². The standard InChI is InChI=1S/C35H38ClN5O8S/c1-38(2)34(43)49-32-5-4-14-40(32)35(28-12-9-26(22-31(28)46-3)48-20-17-39-15-18-47-19-16-39)29-21-25(36)8-13-30(29)41(33(35)42)50(44,45)27-10-6-24(23-37)7-11-27/h6-13,21-22,32H,4-5,14-20H2,1-3H3/t32-,35?/m0/s1. The van der Waals surface area contributed by atoms with Crippen LogP contribution in [0.2, 0.25) is 5.02 Å². The number of carbonyl (C=O) groups is 2. The minimum absolute atomic E-state index is 0.0845. The van der Waals surface area contributed by atoms with Gasteiger partial charge in [0.05, 0.1) is 42.5 Å². The van der Waals surface area contributed by atoms with Gasteiger partial charge in [0.15, 0.2) is 11.8 Å². The number of anilines is 1. The molecule has 0 aromatic heterocycles.